The topological polar surface area (TPSA) is 29.1 Å². The van der Waals surface area contributed by atoms with E-state index >= 15 is 0 Å². The van der Waals surface area contributed by atoms with E-state index in [1.807, 2.05) is 13.0 Å². The number of aryl methyl sites for hydroxylation is 1. The molecule has 0 aliphatic carbocycles. The van der Waals surface area contributed by atoms with E-state index in [1.54, 1.807) is 12.1 Å². The average molecular weight is 204 g/mol. The highest BCUT2D eigenvalue weighted by Gasteiger charge is 2.02. The molecule has 0 saturated heterocycles. The highest BCUT2D eigenvalue weighted by atomic mass is 35.5. The van der Waals surface area contributed by atoms with Crippen molar-refractivity contribution in [1.82, 2.24) is 0 Å². The molecule has 0 aliphatic heterocycles. The molecule has 4 heteroatoms. The molecule has 0 heterocycles. The second-order valence-electron chi connectivity index (χ2n) is 2.38. The molecule has 0 unspecified atom stereocenters. The van der Waals surface area contributed by atoms with Gasteiger partial charge in [-0.1, -0.05) is 17.7 Å². The molecule has 2 nitrogen and oxygen atoms in total. The van der Waals surface area contributed by atoms with E-state index < -0.39 is 5.37 Å². The number of amides is 1. The zero-order chi connectivity index (χ0) is 9.14. The lowest BCUT2D eigenvalue weighted by molar-refractivity contribution is 0.269. The maximum absolute atomic E-state index is 10.5. The van der Waals surface area contributed by atoms with Crippen molar-refractivity contribution < 1.29 is 4.79 Å². The van der Waals surface area contributed by atoms with Crippen molar-refractivity contribution in [1.29, 1.82) is 0 Å². The summed E-state index contributed by atoms with van der Waals surface area (Å²) in [6, 6.07) is 5.31. The summed E-state index contributed by atoms with van der Waals surface area (Å²) in [7, 11) is 0. The number of carbonyl (C=O) groups excluding carboxylic acids is 1. The largest absolute Gasteiger partial charge is 0.318 e. The van der Waals surface area contributed by atoms with Crippen LogP contribution in [0, 0.1) is 6.92 Å². The Kier molecular flexibility index (Phi) is 2.95. The molecule has 0 fully saturated rings. The summed E-state index contributed by atoms with van der Waals surface area (Å²) in [5, 5.41) is 2.25. The second kappa shape index (κ2) is 3.78. The molecule has 0 atom stereocenters. The molecule has 1 amide bonds. The molecule has 1 rings (SSSR count). The van der Waals surface area contributed by atoms with Gasteiger partial charge in [0.2, 0.25) is 0 Å². The summed E-state index contributed by atoms with van der Waals surface area (Å²) in [5.41, 5.74) is 1.55. The van der Waals surface area contributed by atoms with Gasteiger partial charge in [0.1, 0.15) is 0 Å². The first-order chi connectivity index (χ1) is 5.59. The molecule has 0 aromatic heterocycles. The van der Waals surface area contributed by atoms with Crippen molar-refractivity contribution in [2.24, 2.45) is 0 Å². The van der Waals surface area contributed by atoms with E-state index in [1.165, 1.54) is 0 Å². The van der Waals surface area contributed by atoms with Gasteiger partial charge in [-0.2, -0.15) is 0 Å². The summed E-state index contributed by atoms with van der Waals surface area (Å²) in [5.74, 6) is 0. The predicted molar refractivity (Wildman–Crippen MR) is 51.1 cm³/mol. The number of rotatable bonds is 1. The van der Waals surface area contributed by atoms with Gasteiger partial charge in [-0.3, -0.25) is 4.79 Å². The molecule has 0 spiro atoms. The first-order valence-corrected chi connectivity index (χ1v) is 4.08. The highest BCUT2D eigenvalue weighted by Crippen LogP contribution is 2.22. The van der Waals surface area contributed by atoms with Crippen LogP contribution in [-0.2, 0) is 0 Å². The third-order valence-electron chi connectivity index (χ3n) is 1.35. The van der Waals surface area contributed by atoms with Gasteiger partial charge in [-0.15, -0.1) is 0 Å². The van der Waals surface area contributed by atoms with E-state index in [4.69, 9.17) is 23.2 Å². The van der Waals surface area contributed by atoms with Gasteiger partial charge in [-0.05, 0) is 36.2 Å². The van der Waals surface area contributed by atoms with Crippen LogP contribution in [0.25, 0.3) is 0 Å². The molecule has 0 radical (unpaired) electrons. The van der Waals surface area contributed by atoms with Crippen molar-refractivity contribution in [3.05, 3.63) is 28.8 Å². The van der Waals surface area contributed by atoms with Crippen LogP contribution < -0.4 is 5.32 Å². The lowest BCUT2D eigenvalue weighted by atomic mass is 10.2. The number of halogens is 2. The first-order valence-electron chi connectivity index (χ1n) is 3.32. The maximum Gasteiger partial charge on any atom is 0.318 e. The summed E-state index contributed by atoms with van der Waals surface area (Å²) in [6.07, 6.45) is 0. The standard InChI is InChI=1S/C8H7Cl2NO/c1-5-2-3-6(9)7(4-5)11-8(10)12/h2-4H,1H3,(H,11,12). The molecule has 0 aliphatic rings. The highest BCUT2D eigenvalue weighted by molar-refractivity contribution is 6.66. The van der Waals surface area contributed by atoms with Crippen molar-refractivity contribution >= 4 is 34.3 Å². The van der Waals surface area contributed by atoms with Crippen LogP contribution in [0.15, 0.2) is 18.2 Å². The average Bonchev–Trinajstić information content (AvgIpc) is 1.96. The van der Waals surface area contributed by atoms with Crippen molar-refractivity contribution in [2.75, 3.05) is 5.32 Å². The lowest BCUT2D eigenvalue weighted by Gasteiger charge is -2.03. The number of carbonyl (C=O) groups is 1. The van der Waals surface area contributed by atoms with Crippen LogP contribution in [-0.4, -0.2) is 5.37 Å². The zero-order valence-electron chi connectivity index (χ0n) is 6.40. The SMILES string of the molecule is Cc1ccc(Cl)c(NC(=O)Cl)c1. The fourth-order valence-corrected chi connectivity index (χ4v) is 1.11. The minimum Gasteiger partial charge on any atom is -0.311 e. The van der Waals surface area contributed by atoms with Gasteiger partial charge in [0.05, 0.1) is 10.7 Å². The van der Waals surface area contributed by atoms with Crippen molar-refractivity contribution in [3.8, 4) is 0 Å². The number of hydrogen-bond donors (Lipinski definition) is 1. The molecule has 1 aromatic carbocycles. The molecular weight excluding hydrogens is 197 g/mol. The summed E-state index contributed by atoms with van der Waals surface area (Å²) in [6.45, 7) is 1.90. The minimum atomic E-state index is -0.637. The Labute approximate surface area is 80.5 Å². The summed E-state index contributed by atoms with van der Waals surface area (Å²) >= 11 is 10.9. The fourth-order valence-electron chi connectivity index (χ4n) is 0.841. The van der Waals surface area contributed by atoms with Gasteiger partial charge >= 0.3 is 5.37 Å². The molecule has 0 saturated carbocycles. The van der Waals surface area contributed by atoms with Gasteiger partial charge in [-0.25, -0.2) is 0 Å². The Hall–Kier alpha value is -0.730. The Morgan fingerprint density at radius 3 is 2.75 bits per heavy atom. The van der Waals surface area contributed by atoms with Crippen LogP contribution >= 0.6 is 23.2 Å². The third-order valence-corrected chi connectivity index (χ3v) is 1.78. The lowest BCUT2D eigenvalue weighted by Crippen LogP contribution is -2.01. The van der Waals surface area contributed by atoms with E-state index in [0.717, 1.165) is 5.56 Å². The number of anilines is 1. The molecule has 12 heavy (non-hydrogen) atoms. The van der Waals surface area contributed by atoms with E-state index in [9.17, 15) is 4.79 Å². The molecular formula is C8H7Cl2NO. The maximum atomic E-state index is 10.5. The molecule has 0 bridgehead atoms. The van der Waals surface area contributed by atoms with E-state index in [-0.39, 0.29) is 0 Å². The fraction of sp³-hybridized carbons (Fsp3) is 0.125. The van der Waals surface area contributed by atoms with Crippen LogP contribution in [0.5, 0.6) is 0 Å². The Morgan fingerprint density at radius 2 is 2.17 bits per heavy atom. The second-order valence-corrected chi connectivity index (χ2v) is 3.13. The van der Waals surface area contributed by atoms with Crippen LogP contribution in [0.3, 0.4) is 0 Å². The summed E-state index contributed by atoms with van der Waals surface area (Å²) in [4.78, 5) is 10.5. The van der Waals surface area contributed by atoms with Crippen LogP contribution in [0.1, 0.15) is 5.56 Å². The van der Waals surface area contributed by atoms with E-state index in [0.29, 0.717) is 10.7 Å². The monoisotopic (exact) mass is 203 g/mol. The molecule has 64 valence electrons. The van der Waals surface area contributed by atoms with Gasteiger partial charge < -0.3 is 5.32 Å². The number of hydrogen-bond acceptors (Lipinski definition) is 1. The smallest absolute Gasteiger partial charge is 0.311 e. The number of benzene rings is 1. The first kappa shape index (κ1) is 9.36. The quantitative estimate of drug-likeness (QED) is 0.551. The molecule has 1 aromatic rings. The number of nitrogens with one attached hydrogen (secondary N) is 1. The van der Waals surface area contributed by atoms with Gasteiger partial charge in [0, 0.05) is 0 Å². The Bertz CT molecular complexity index is 312. The normalized spacial score (nSPS) is 9.58. The Balaban J connectivity index is 2.97. The predicted octanol–water partition coefficient (Wildman–Crippen LogP) is 3.42. The molecule has 1 N–H and O–H groups in total. The van der Waals surface area contributed by atoms with Gasteiger partial charge in [0.25, 0.3) is 0 Å². The minimum absolute atomic E-state index is 0.481. The Morgan fingerprint density at radius 1 is 1.50 bits per heavy atom. The van der Waals surface area contributed by atoms with Crippen LogP contribution in [0.2, 0.25) is 5.02 Å². The van der Waals surface area contributed by atoms with Gasteiger partial charge in [0.15, 0.2) is 0 Å². The van der Waals surface area contributed by atoms with Crippen LogP contribution in [0.4, 0.5) is 10.5 Å². The zero-order valence-corrected chi connectivity index (χ0v) is 7.91. The third kappa shape index (κ3) is 2.40. The summed E-state index contributed by atoms with van der Waals surface area (Å²) < 4.78 is 0. The van der Waals surface area contributed by atoms with E-state index in [2.05, 4.69) is 5.32 Å². The van der Waals surface area contributed by atoms with Crippen molar-refractivity contribution in [3.63, 3.8) is 0 Å². The van der Waals surface area contributed by atoms with Crippen molar-refractivity contribution in [2.45, 2.75) is 6.92 Å².